The fourth-order valence-electron chi connectivity index (χ4n) is 2.45. The molecule has 0 bridgehead atoms. The average molecular weight is 292 g/mol. The summed E-state index contributed by atoms with van der Waals surface area (Å²) in [5.41, 5.74) is 0.919. The molecule has 1 atom stereocenters. The molecule has 1 amide bonds. The van der Waals surface area contributed by atoms with Crippen LogP contribution >= 0.6 is 0 Å². The van der Waals surface area contributed by atoms with Gasteiger partial charge in [-0.1, -0.05) is 6.42 Å². The smallest absolute Gasteiger partial charge is 0.412 e. The van der Waals surface area contributed by atoms with Crippen molar-refractivity contribution in [3.05, 3.63) is 23.8 Å². The standard InChI is InChI=1S/C16H24N2O3/c1-16(2,3)21-15(20)18-11-7-8-14(19)12(10-11)13-6-4-5-9-17-13/h7-8,10,13,17,19H,4-6,9H2,1-3H3,(H,18,20). The van der Waals surface area contributed by atoms with E-state index in [1.165, 1.54) is 0 Å². The van der Waals surface area contributed by atoms with Crippen LogP contribution in [0.15, 0.2) is 18.2 Å². The summed E-state index contributed by atoms with van der Waals surface area (Å²) < 4.78 is 5.23. The number of ether oxygens (including phenoxy) is 1. The van der Waals surface area contributed by atoms with E-state index < -0.39 is 11.7 Å². The average Bonchev–Trinajstić information content (AvgIpc) is 2.40. The first-order chi connectivity index (χ1) is 9.85. The highest BCUT2D eigenvalue weighted by Gasteiger charge is 2.20. The van der Waals surface area contributed by atoms with Gasteiger partial charge in [0.2, 0.25) is 0 Å². The Hall–Kier alpha value is -1.75. The number of amides is 1. The second-order valence-electron chi connectivity index (χ2n) is 6.40. The molecule has 1 aromatic carbocycles. The third-order valence-corrected chi connectivity index (χ3v) is 3.36. The van der Waals surface area contributed by atoms with Gasteiger partial charge in [-0.3, -0.25) is 5.32 Å². The Morgan fingerprint density at radius 1 is 1.38 bits per heavy atom. The molecule has 0 aromatic heterocycles. The maximum absolute atomic E-state index is 11.8. The Bertz CT molecular complexity index is 503. The van der Waals surface area contributed by atoms with E-state index in [2.05, 4.69) is 10.6 Å². The molecule has 5 heteroatoms. The van der Waals surface area contributed by atoms with Crippen molar-refractivity contribution < 1.29 is 14.6 Å². The van der Waals surface area contributed by atoms with Gasteiger partial charge >= 0.3 is 6.09 Å². The molecule has 1 heterocycles. The Kier molecular flexibility index (Phi) is 4.73. The summed E-state index contributed by atoms with van der Waals surface area (Å²) in [6.07, 6.45) is 2.80. The molecule has 2 rings (SSSR count). The number of rotatable bonds is 2. The molecule has 1 aliphatic heterocycles. The van der Waals surface area contributed by atoms with Gasteiger partial charge in [0, 0.05) is 17.3 Å². The van der Waals surface area contributed by atoms with Crippen LogP contribution in [0.25, 0.3) is 0 Å². The van der Waals surface area contributed by atoms with Crippen molar-refractivity contribution in [2.24, 2.45) is 0 Å². The van der Waals surface area contributed by atoms with E-state index in [9.17, 15) is 9.90 Å². The van der Waals surface area contributed by atoms with Crippen molar-refractivity contribution in [3.63, 3.8) is 0 Å². The molecule has 21 heavy (non-hydrogen) atoms. The fraction of sp³-hybridized carbons (Fsp3) is 0.562. The van der Waals surface area contributed by atoms with Gasteiger partial charge in [0.15, 0.2) is 0 Å². The summed E-state index contributed by atoms with van der Waals surface area (Å²) in [4.78, 5) is 11.8. The monoisotopic (exact) mass is 292 g/mol. The number of anilines is 1. The molecule has 116 valence electrons. The lowest BCUT2D eigenvalue weighted by Crippen LogP contribution is -2.28. The molecule has 5 nitrogen and oxygen atoms in total. The number of phenols is 1. The normalized spacial score (nSPS) is 19.1. The number of hydrogen-bond donors (Lipinski definition) is 3. The van der Waals surface area contributed by atoms with Gasteiger partial charge in [0.1, 0.15) is 11.4 Å². The number of nitrogens with one attached hydrogen (secondary N) is 2. The van der Waals surface area contributed by atoms with E-state index in [1.807, 2.05) is 26.8 Å². The number of benzene rings is 1. The van der Waals surface area contributed by atoms with Crippen molar-refractivity contribution in [2.45, 2.75) is 51.7 Å². The van der Waals surface area contributed by atoms with Crippen molar-refractivity contribution in [3.8, 4) is 5.75 Å². The van der Waals surface area contributed by atoms with E-state index in [0.717, 1.165) is 31.4 Å². The van der Waals surface area contributed by atoms with Crippen LogP contribution in [-0.2, 0) is 4.74 Å². The van der Waals surface area contributed by atoms with Crippen molar-refractivity contribution in [2.75, 3.05) is 11.9 Å². The Morgan fingerprint density at radius 3 is 2.76 bits per heavy atom. The number of piperidine rings is 1. The number of hydrogen-bond acceptors (Lipinski definition) is 4. The first kappa shape index (κ1) is 15.6. The molecule has 3 N–H and O–H groups in total. The lowest BCUT2D eigenvalue weighted by Gasteiger charge is -2.25. The Labute approximate surface area is 125 Å². The third kappa shape index (κ3) is 4.63. The molecule has 1 fully saturated rings. The second kappa shape index (κ2) is 6.35. The van der Waals surface area contributed by atoms with Crippen LogP contribution in [0.1, 0.15) is 51.6 Å². The predicted octanol–water partition coefficient (Wildman–Crippen LogP) is 3.55. The molecule has 0 spiro atoms. The van der Waals surface area contributed by atoms with Crippen LogP contribution in [-0.4, -0.2) is 23.3 Å². The van der Waals surface area contributed by atoms with E-state index >= 15 is 0 Å². The number of carbonyl (C=O) groups excluding carboxylic acids is 1. The van der Waals surface area contributed by atoms with Gasteiger partial charge in [-0.25, -0.2) is 4.79 Å². The van der Waals surface area contributed by atoms with Gasteiger partial charge < -0.3 is 15.2 Å². The van der Waals surface area contributed by atoms with Gasteiger partial charge in [-0.05, 0) is 58.4 Å². The summed E-state index contributed by atoms with van der Waals surface area (Å²) >= 11 is 0. The quantitative estimate of drug-likeness (QED) is 0.729. The molecule has 1 aromatic rings. The maximum Gasteiger partial charge on any atom is 0.412 e. The zero-order chi connectivity index (χ0) is 15.5. The molecule has 0 saturated carbocycles. The highest BCUT2D eigenvalue weighted by molar-refractivity contribution is 5.85. The molecule has 0 radical (unpaired) electrons. The van der Waals surface area contributed by atoms with Gasteiger partial charge in [-0.2, -0.15) is 0 Å². The summed E-state index contributed by atoms with van der Waals surface area (Å²) in [6.45, 7) is 6.41. The molecule has 1 aliphatic rings. The zero-order valence-corrected chi connectivity index (χ0v) is 12.9. The maximum atomic E-state index is 11.8. The molecular formula is C16H24N2O3. The van der Waals surface area contributed by atoms with Gasteiger partial charge in [0.05, 0.1) is 0 Å². The minimum Gasteiger partial charge on any atom is -0.508 e. The Morgan fingerprint density at radius 2 is 2.14 bits per heavy atom. The van der Waals surface area contributed by atoms with E-state index in [0.29, 0.717) is 5.69 Å². The Balaban J connectivity index is 2.09. The lowest BCUT2D eigenvalue weighted by atomic mass is 9.96. The first-order valence-electron chi connectivity index (χ1n) is 7.41. The SMILES string of the molecule is CC(C)(C)OC(=O)Nc1ccc(O)c(C2CCCCN2)c1. The second-order valence-corrected chi connectivity index (χ2v) is 6.40. The van der Waals surface area contributed by atoms with Crippen LogP contribution in [0.2, 0.25) is 0 Å². The number of aromatic hydroxyl groups is 1. The minimum absolute atomic E-state index is 0.138. The summed E-state index contributed by atoms with van der Waals surface area (Å²) in [7, 11) is 0. The highest BCUT2D eigenvalue weighted by atomic mass is 16.6. The zero-order valence-electron chi connectivity index (χ0n) is 12.9. The first-order valence-corrected chi connectivity index (χ1v) is 7.41. The van der Waals surface area contributed by atoms with Gasteiger partial charge in [-0.15, -0.1) is 0 Å². The fourth-order valence-corrected chi connectivity index (χ4v) is 2.45. The van der Waals surface area contributed by atoms with Crippen LogP contribution in [0.3, 0.4) is 0 Å². The summed E-state index contributed by atoms with van der Waals surface area (Å²) in [5, 5.41) is 16.1. The highest BCUT2D eigenvalue weighted by Crippen LogP contribution is 2.32. The topological polar surface area (TPSA) is 70.6 Å². The molecule has 0 aliphatic carbocycles. The molecular weight excluding hydrogens is 268 g/mol. The molecule has 1 saturated heterocycles. The van der Waals surface area contributed by atoms with Crippen molar-refractivity contribution in [1.29, 1.82) is 0 Å². The van der Waals surface area contributed by atoms with E-state index in [1.54, 1.807) is 12.1 Å². The van der Waals surface area contributed by atoms with Crippen LogP contribution in [0.5, 0.6) is 5.75 Å². The summed E-state index contributed by atoms with van der Waals surface area (Å²) in [5.74, 6) is 0.254. The summed E-state index contributed by atoms with van der Waals surface area (Å²) in [6, 6.07) is 5.23. The van der Waals surface area contributed by atoms with E-state index in [-0.39, 0.29) is 11.8 Å². The van der Waals surface area contributed by atoms with Crippen LogP contribution < -0.4 is 10.6 Å². The van der Waals surface area contributed by atoms with Crippen LogP contribution in [0, 0.1) is 0 Å². The van der Waals surface area contributed by atoms with Crippen molar-refractivity contribution in [1.82, 2.24) is 5.32 Å². The third-order valence-electron chi connectivity index (χ3n) is 3.36. The number of carbonyl (C=O) groups is 1. The van der Waals surface area contributed by atoms with Crippen molar-refractivity contribution >= 4 is 11.8 Å². The van der Waals surface area contributed by atoms with E-state index in [4.69, 9.17) is 4.74 Å². The minimum atomic E-state index is -0.533. The molecule has 1 unspecified atom stereocenters. The van der Waals surface area contributed by atoms with Gasteiger partial charge in [0.25, 0.3) is 0 Å². The van der Waals surface area contributed by atoms with Crippen LogP contribution in [0.4, 0.5) is 10.5 Å². The predicted molar refractivity (Wildman–Crippen MR) is 82.6 cm³/mol. The lowest BCUT2D eigenvalue weighted by molar-refractivity contribution is 0.0636. The number of phenolic OH excluding ortho intramolecular Hbond substituents is 1. The largest absolute Gasteiger partial charge is 0.508 e.